The van der Waals surface area contributed by atoms with Crippen LogP contribution in [0.3, 0.4) is 0 Å². The number of anilines is 1. The highest BCUT2D eigenvalue weighted by Crippen LogP contribution is 2.27. The molecule has 1 atom stereocenters. The molecule has 2 heterocycles. The highest BCUT2D eigenvalue weighted by molar-refractivity contribution is 7.89. The van der Waals surface area contributed by atoms with Crippen LogP contribution in [0, 0.1) is 0 Å². The number of carbonyl (C=O) groups is 2. The van der Waals surface area contributed by atoms with E-state index >= 15 is 0 Å². The number of ether oxygens (including phenoxy) is 1. The minimum absolute atomic E-state index is 0.00127. The molecule has 1 aromatic rings. The molecule has 11 heteroatoms. The summed E-state index contributed by atoms with van der Waals surface area (Å²) in [5.74, 6) is -0.285. The van der Waals surface area contributed by atoms with E-state index in [2.05, 4.69) is 10.6 Å². The SMILES string of the molecule is CCC(=O)NC1CCCN(CC(=O)Nc2cc(S(=O)(=O)N3CCOCC3)ccc2Cl)C1. The zero-order chi connectivity index (χ0) is 22.4. The number of halogens is 1. The molecule has 0 spiro atoms. The van der Waals surface area contributed by atoms with Gasteiger partial charge in [0.2, 0.25) is 21.8 Å². The summed E-state index contributed by atoms with van der Waals surface area (Å²) in [4.78, 5) is 26.3. The lowest BCUT2D eigenvalue weighted by molar-refractivity contribution is -0.121. The van der Waals surface area contributed by atoms with Gasteiger partial charge in [0.05, 0.1) is 35.4 Å². The van der Waals surface area contributed by atoms with Crippen LogP contribution in [0.15, 0.2) is 23.1 Å². The van der Waals surface area contributed by atoms with Gasteiger partial charge in [-0.3, -0.25) is 14.5 Å². The van der Waals surface area contributed by atoms with Crippen LogP contribution in [0.1, 0.15) is 26.2 Å². The zero-order valence-corrected chi connectivity index (χ0v) is 19.2. The molecule has 2 fully saturated rings. The molecule has 0 aromatic heterocycles. The van der Waals surface area contributed by atoms with Crippen molar-refractivity contribution >= 4 is 39.1 Å². The minimum atomic E-state index is -3.69. The molecule has 31 heavy (non-hydrogen) atoms. The van der Waals surface area contributed by atoms with Crippen molar-refractivity contribution in [2.75, 3.05) is 51.3 Å². The Balaban J connectivity index is 1.63. The third-order valence-corrected chi connectivity index (χ3v) is 7.60. The second-order valence-corrected chi connectivity index (χ2v) is 10.0. The van der Waals surface area contributed by atoms with E-state index in [1.54, 1.807) is 6.92 Å². The van der Waals surface area contributed by atoms with Crippen LogP contribution in [0.4, 0.5) is 5.69 Å². The molecule has 0 bridgehead atoms. The van der Waals surface area contributed by atoms with Crippen molar-refractivity contribution in [1.82, 2.24) is 14.5 Å². The van der Waals surface area contributed by atoms with E-state index in [1.807, 2.05) is 4.90 Å². The number of rotatable bonds is 7. The van der Waals surface area contributed by atoms with Crippen molar-refractivity contribution in [2.24, 2.45) is 0 Å². The van der Waals surface area contributed by atoms with E-state index in [9.17, 15) is 18.0 Å². The summed E-state index contributed by atoms with van der Waals surface area (Å²) in [6, 6.07) is 4.33. The van der Waals surface area contributed by atoms with Gasteiger partial charge in [-0.15, -0.1) is 0 Å². The van der Waals surface area contributed by atoms with Crippen molar-refractivity contribution < 1.29 is 22.7 Å². The van der Waals surface area contributed by atoms with Gasteiger partial charge in [0, 0.05) is 32.1 Å². The number of benzene rings is 1. The van der Waals surface area contributed by atoms with E-state index in [-0.39, 0.29) is 53.1 Å². The van der Waals surface area contributed by atoms with Crippen LogP contribution in [-0.4, -0.2) is 81.4 Å². The maximum absolute atomic E-state index is 12.9. The van der Waals surface area contributed by atoms with Gasteiger partial charge in [0.15, 0.2) is 0 Å². The Hall–Kier alpha value is -1.72. The van der Waals surface area contributed by atoms with E-state index in [0.717, 1.165) is 19.4 Å². The summed E-state index contributed by atoms with van der Waals surface area (Å²) in [7, 11) is -3.69. The summed E-state index contributed by atoms with van der Waals surface area (Å²) in [5.41, 5.74) is 0.258. The van der Waals surface area contributed by atoms with Crippen molar-refractivity contribution in [1.29, 1.82) is 0 Å². The predicted molar refractivity (Wildman–Crippen MR) is 118 cm³/mol. The first kappa shape index (κ1) is 23.9. The molecule has 1 aromatic carbocycles. The predicted octanol–water partition coefficient (Wildman–Crippen LogP) is 1.29. The smallest absolute Gasteiger partial charge is 0.243 e. The average molecular weight is 473 g/mol. The van der Waals surface area contributed by atoms with Gasteiger partial charge in [-0.05, 0) is 37.6 Å². The summed E-state index contributed by atoms with van der Waals surface area (Å²) in [6.45, 7) is 4.58. The van der Waals surface area contributed by atoms with E-state index in [0.29, 0.717) is 26.2 Å². The number of sulfonamides is 1. The first-order chi connectivity index (χ1) is 14.8. The Kier molecular flexibility index (Phi) is 8.29. The zero-order valence-electron chi connectivity index (χ0n) is 17.6. The summed E-state index contributed by atoms with van der Waals surface area (Å²) in [5, 5.41) is 5.97. The molecule has 172 valence electrons. The van der Waals surface area contributed by atoms with Gasteiger partial charge < -0.3 is 15.4 Å². The Morgan fingerprint density at radius 3 is 2.65 bits per heavy atom. The van der Waals surface area contributed by atoms with E-state index in [1.165, 1.54) is 22.5 Å². The fourth-order valence-electron chi connectivity index (χ4n) is 3.74. The van der Waals surface area contributed by atoms with Gasteiger partial charge in [0.25, 0.3) is 0 Å². The number of morpholine rings is 1. The third-order valence-electron chi connectivity index (χ3n) is 5.38. The van der Waals surface area contributed by atoms with Gasteiger partial charge in [-0.25, -0.2) is 8.42 Å². The number of amides is 2. The maximum atomic E-state index is 12.9. The van der Waals surface area contributed by atoms with E-state index < -0.39 is 10.0 Å². The molecular formula is C20H29ClN4O5S. The molecule has 0 aliphatic carbocycles. The van der Waals surface area contributed by atoms with Crippen LogP contribution in [0.5, 0.6) is 0 Å². The lowest BCUT2D eigenvalue weighted by Gasteiger charge is -2.32. The maximum Gasteiger partial charge on any atom is 0.243 e. The summed E-state index contributed by atoms with van der Waals surface area (Å²) >= 11 is 6.21. The molecule has 2 saturated heterocycles. The molecule has 2 N–H and O–H groups in total. The standard InChI is InChI=1S/C20H29ClN4O5S/c1-2-19(26)22-15-4-3-7-24(13-15)14-20(27)23-18-12-16(5-6-17(18)21)31(28,29)25-8-10-30-11-9-25/h5-6,12,15H,2-4,7-11,13-14H2,1H3,(H,22,26)(H,23,27). The fraction of sp³-hybridized carbons (Fsp3) is 0.600. The Morgan fingerprint density at radius 2 is 1.94 bits per heavy atom. The molecule has 1 unspecified atom stereocenters. The van der Waals surface area contributed by atoms with Crippen molar-refractivity contribution in [2.45, 2.75) is 37.1 Å². The molecule has 2 amide bonds. The van der Waals surface area contributed by atoms with Crippen molar-refractivity contribution in [3.8, 4) is 0 Å². The molecule has 0 saturated carbocycles. The number of piperidine rings is 1. The summed E-state index contributed by atoms with van der Waals surface area (Å²) < 4.78 is 32.3. The van der Waals surface area contributed by atoms with Crippen LogP contribution < -0.4 is 10.6 Å². The Bertz CT molecular complexity index is 905. The number of nitrogens with zero attached hydrogens (tertiary/aromatic N) is 2. The first-order valence-corrected chi connectivity index (χ1v) is 12.3. The quantitative estimate of drug-likeness (QED) is 0.619. The lowest BCUT2D eigenvalue weighted by atomic mass is 10.1. The fourth-order valence-corrected chi connectivity index (χ4v) is 5.34. The number of hydrogen-bond donors (Lipinski definition) is 2. The first-order valence-electron chi connectivity index (χ1n) is 10.5. The van der Waals surface area contributed by atoms with Crippen LogP contribution in [-0.2, 0) is 24.3 Å². The highest BCUT2D eigenvalue weighted by Gasteiger charge is 2.27. The van der Waals surface area contributed by atoms with Gasteiger partial charge in [-0.1, -0.05) is 18.5 Å². The molecule has 0 radical (unpaired) electrons. The Labute approximate surface area is 188 Å². The van der Waals surface area contributed by atoms with Gasteiger partial charge in [-0.2, -0.15) is 4.31 Å². The molecule has 2 aliphatic rings. The second kappa shape index (κ2) is 10.7. The van der Waals surface area contributed by atoms with Crippen molar-refractivity contribution in [3.05, 3.63) is 23.2 Å². The van der Waals surface area contributed by atoms with Crippen molar-refractivity contribution in [3.63, 3.8) is 0 Å². The largest absolute Gasteiger partial charge is 0.379 e. The van der Waals surface area contributed by atoms with Gasteiger partial charge in [0.1, 0.15) is 0 Å². The molecular weight excluding hydrogens is 444 g/mol. The van der Waals surface area contributed by atoms with E-state index in [4.69, 9.17) is 16.3 Å². The number of carbonyl (C=O) groups excluding carboxylic acids is 2. The topological polar surface area (TPSA) is 108 Å². The van der Waals surface area contributed by atoms with Crippen LogP contribution in [0.2, 0.25) is 5.02 Å². The highest BCUT2D eigenvalue weighted by atomic mass is 35.5. The normalized spacial score (nSPS) is 20.9. The third kappa shape index (κ3) is 6.39. The monoisotopic (exact) mass is 472 g/mol. The Morgan fingerprint density at radius 1 is 1.19 bits per heavy atom. The molecule has 9 nitrogen and oxygen atoms in total. The summed E-state index contributed by atoms with van der Waals surface area (Å²) in [6.07, 6.45) is 2.20. The minimum Gasteiger partial charge on any atom is -0.379 e. The average Bonchev–Trinajstić information content (AvgIpc) is 2.76. The van der Waals surface area contributed by atoms with Crippen LogP contribution in [0.25, 0.3) is 0 Å². The number of hydrogen-bond acceptors (Lipinski definition) is 6. The van der Waals surface area contributed by atoms with Crippen LogP contribution >= 0.6 is 11.6 Å². The number of likely N-dealkylation sites (tertiary alicyclic amines) is 1. The van der Waals surface area contributed by atoms with Gasteiger partial charge >= 0.3 is 0 Å². The molecule has 2 aliphatic heterocycles. The lowest BCUT2D eigenvalue weighted by Crippen LogP contribution is -2.49. The number of nitrogens with one attached hydrogen (secondary N) is 2. The second-order valence-electron chi connectivity index (χ2n) is 7.70. The molecule has 3 rings (SSSR count).